The molecule has 0 aromatic heterocycles. The zero-order valence-corrected chi connectivity index (χ0v) is 18.8. The highest BCUT2D eigenvalue weighted by molar-refractivity contribution is 8.15. The van der Waals surface area contributed by atoms with Gasteiger partial charge in [0.2, 0.25) is 5.91 Å². The largest absolute Gasteiger partial charge is 0.393 e. The first-order valence-corrected chi connectivity index (χ1v) is 11.9. The Morgan fingerprint density at radius 1 is 1.09 bits per heavy atom. The normalized spacial score (nSPS) is 23.6. The van der Waals surface area contributed by atoms with Gasteiger partial charge < -0.3 is 15.1 Å². The quantitative estimate of drug-likeness (QED) is 0.710. The van der Waals surface area contributed by atoms with Crippen LogP contribution in [0.2, 0.25) is 0 Å². The first-order valence-electron chi connectivity index (χ1n) is 11.0. The minimum Gasteiger partial charge on any atom is -0.351 e. The zero-order valence-electron chi connectivity index (χ0n) is 17.9. The van der Waals surface area contributed by atoms with Gasteiger partial charge in [0.05, 0.1) is 5.92 Å². The average Bonchev–Trinajstić information content (AvgIpc) is 3.44. The number of benzene rings is 1. The number of carbonyl (C=O) groups is 3. The van der Waals surface area contributed by atoms with E-state index in [1.165, 1.54) is 40.9 Å². The molecule has 0 saturated carbocycles. The van der Waals surface area contributed by atoms with Gasteiger partial charge in [-0.15, -0.1) is 0 Å². The number of aliphatic imine (C=N–C) groups is 1. The molecule has 4 rings (SSSR count). The number of carbonyl (C=O) groups excluding carboxylic acids is 3. The predicted octanol–water partition coefficient (Wildman–Crippen LogP) is 3.52. The molecule has 7 nitrogen and oxygen atoms in total. The number of amides is 3. The molecular formula is C22H25F3N4O3S. The molecule has 3 amide bonds. The summed E-state index contributed by atoms with van der Waals surface area (Å²) in [7, 11) is 0. The summed E-state index contributed by atoms with van der Waals surface area (Å²) in [5.41, 5.74) is 0.709. The fraction of sp³-hybridized carbons (Fsp3) is 0.545. The van der Waals surface area contributed by atoms with Crippen molar-refractivity contribution in [3.63, 3.8) is 0 Å². The van der Waals surface area contributed by atoms with Crippen molar-refractivity contribution in [2.24, 2.45) is 10.9 Å². The van der Waals surface area contributed by atoms with E-state index in [2.05, 4.69) is 15.2 Å². The number of halogens is 3. The second-order valence-electron chi connectivity index (χ2n) is 8.49. The number of anilines is 1. The monoisotopic (exact) mass is 482 g/mol. The summed E-state index contributed by atoms with van der Waals surface area (Å²) in [5.74, 6) is -2.61. The maximum atomic E-state index is 13.0. The summed E-state index contributed by atoms with van der Waals surface area (Å²) in [6, 6.07) is 6.04. The number of nitrogens with one attached hydrogen (secondary N) is 1. The number of piperidine rings is 1. The minimum absolute atomic E-state index is 0.0162. The van der Waals surface area contributed by atoms with Crippen molar-refractivity contribution in [1.29, 1.82) is 0 Å². The molecule has 11 heteroatoms. The Labute approximate surface area is 193 Å². The van der Waals surface area contributed by atoms with Gasteiger partial charge in [0.1, 0.15) is 5.25 Å². The highest BCUT2D eigenvalue weighted by Gasteiger charge is 2.42. The lowest BCUT2D eigenvalue weighted by Crippen LogP contribution is -2.44. The van der Waals surface area contributed by atoms with E-state index in [1.54, 1.807) is 0 Å². The minimum atomic E-state index is -4.31. The summed E-state index contributed by atoms with van der Waals surface area (Å²) >= 11 is 1.31. The Balaban J connectivity index is 1.29. The molecular weight excluding hydrogens is 457 g/mol. The van der Waals surface area contributed by atoms with Gasteiger partial charge in [0.15, 0.2) is 5.17 Å². The summed E-state index contributed by atoms with van der Waals surface area (Å²) < 4.78 is 39.0. The number of amidine groups is 1. The van der Waals surface area contributed by atoms with E-state index in [9.17, 15) is 27.6 Å². The van der Waals surface area contributed by atoms with Crippen LogP contribution >= 0.6 is 11.8 Å². The smallest absolute Gasteiger partial charge is 0.351 e. The van der Waals surface area contributed by atoms with Crippen molar-refractivity contribution >= 4 is 40.3 Å². The zero-order chi connectivity index (χ0) is 23.6. The Kier molecular flexibility index (Phi) is 6.96. The van der Waals surface area contributed by atoms with Crippen LogP contribution in [0.15, 0.2) is 29.3 Å². The Hall–Kier alpha value is -2.56. The summed E-state index contributed by atoms with van der Waals surface area (Å²) in [6.45, 7) is 1.70. The van der Waals surface area contributed by atoms with Crippen molar-refractivity contribution in [3.8, 4) is 0 Å². The molecule has 2 atom stereocenters. The highest BCUT2D eigenvalue weighted by Crippen LogP contribution is 2.33. The van der Waals surface area contributed by atoms with E-state index in [4.69, 9.17) is 0 Å². The van der Waals surface area contributed by atoms with Gasteiger partial charge in [-0.25, -0.2) is 0 Å². The van der Waals surface area contributed by atoms with Crippen LogP contribution in [0.1, 0.15) is 42.5 Å². The Bertz CT molecular complexity index is 945. The third-order valence-corrected chi connectivity index (χ3v) is 7.28. The van der Waals surface area contributed by atoms with Gasteiger partial charge in [-0.3, -0.25) is 14.4 Å². The summed E-state index contributed by atoms with van der Waals surface area (Å²) in [5, 5.41) is 2.83. The third kappa shape index (κ3) is 5.69. The van der Waals surface area contributed by atoms with Crippen molar-refractivity contribution in [1.82, 2.24) is 9.80 Å². The Morgan fingerprint density at radius 2 is 1.79 bits per heavy atom. The molecule has 0 radical (unpaired) electrons. The van der Waals surface area contributed by atoms with E-state index < -0.39 is 23.3 Å². The van der Waals surface area contributed by atoms with Crippen LogP contribution in [-0.2, 0) is 9.59 Å². The lowest BCUT2D eigenvalue weighted by atomic mass is 9.97. The van der Waals surface area contributed by atoms with Crippen molar-refractivity contribution in [3.05, 3.63) is 29.8 Å². The topological polar surface area (TPSA) is 82.1 Å². The third-order valence-electron chi connectivity index (χ3n) is 6.06. The lowest BCUT2D eigenvalue weighted by molar-refractivity contribution is -0.184. The first kappa shape index (κ1) is 23.6. The molecule has 0 aliphatic carbocycles. The molecule has 1 aromatic carbocycles. The van der Waals surface area contributed by atoms with Crippen LogP contribution in [0.25, 0.3) is 0 Å². The van der Waals surface area contributed by atoms with E-state index >= 15 is 0 Å². The molecule has 0 unspecified atom stereocenters. The molecule has 3 aliphatic heterocycles. The van der Waals surface area contributed by atoms with Gasteiger partial charge in [-0.1, -0.05) is 11.8 Å². The Morgan fingerprint density at radius 3 is 2.45 bits per heavy atom. The molecule has 33 heavy (non-hydrogen) atoms. The number of nitrogens with zero attached hydrogens (tertiary/aromatic N) is 3. The van der Waals surface area contributed by atoms with Crippen molar-refractivity contribution in [2.45, 2.75) is 43.5 Å². The predicted molar refractivity (Wildman–Crippen MR) is 119 cm³/mol. The van der Waals surface area contributed by atoms with E-state index in [-0.39, 0.29) is 36.8 Å². The van der Waals surface area contributed by atoms with Crippen LogP contribution < -0.4 is 5.32 Å². The van der Waals surface area contributed by atoms with E-state index in [0.717, 1.165) is 25.9 Å². The molecule has 2 saturated heterocycles. The number of hydrogen-bond donors (Lipinski definition) is 1. The van der Waals surface area contributed by atoms with Gasteiger partial charge in [0.25, 0.3) is 11.8 Å². The first-order chi connectivity index (χ1) is 15.7. The molecule has 1 aromatic rings. The van der Waals surface area contributed by atoms with Crippen LogP contribution in [0.4, 0.5) is 18.9 Å². The van der Waals surface area contributed by atoms with Gasteiger partial charge in [-0.2, -0.15) is 18.2 Å². The molecule has 3 heterocycles. The van der Waals surface area contributed by atoms with Crippen LogP contribution in [-0.4, -0.2) is 70.3 Å². The van der Waals surface area contributed by atoms with Gasteiger partial charge in [-0.05, 0) is 49.9 Å². The molecule has 178 valence electrons. The highest BCUT2D eigenvalue weighted by atomic mass is 32.2. The molecule has 3 aliphatic rings. The average molecular weight is 483 g/mol. The van der Waals surface area contributed by atoms with Crippen LogP contribution in [0.3, 0.4) is 0 Å². The maximum absolute atomic E-state index is 13.0. The standard InChI is InChI=1S/C22H25F3N4O3S/c23-22(24,25)15-4-3-11-29(13-15)20(32)14-5-7-16(8-6-14)26-18(30)12-17-19(31)27-21(33-17)28-9-1-2-10-28/h5-8,15,17H,1-4,9-13H2,(H,26,30)/t15-,17+/m1/s1. The molecule has 1 N–H and O–H groups in total. The van der Waals surface area contributed by atoms with Crippen molar-refractivity contribution < 1.29 is 27.6 Å². The second-order valence-corrected chi connectivity index (χ2v) is 9.66. The van der Waals surface area contributed by atoms with E-state index in [0.29, 0.717) is 23.8 Å². The SMILES string of the molecule is O=C(C[C@@H]1SC(N2CCCC2)=NC1=O)Nc1ccc(C(=O)N2CCC[C@@H](C(F)(F)F)C2)cc1. The maximum Gasteiger partial charge on any atom is 0.393 e. The summed E-state index contributed by atoms with van der Waals surface area (Å²) in [4.78, 5) is 44.6. The van der Waals surface area contributed by atoms with Gasteiger partial charge in [0, 0.05) is 43.9 Å². The number of hydrogen-bond acceptors (Lipinski definition) is 5. The number of likely N-dealkylation sites (tertiary alicyclic amines) is 2. The van der Waals surface area contributed by atoms with Crippen LogP contribution in [0.5, 0.6) is 0 Å². The number of alkyl halides is 3. The molecule has 0 bridgehead atoms. The number of thioether (sulfide) groups is 1. The fourth-order valence-corrected chi connectivity index (χ4v) is 5.36. The lowest BCUT2D eigenvalue weighted by Gasteiger charge is -2.33. The molecule has 2 fully saturated rings. The fourth-order valence-electron chi connectivity index (χ4n) is 4.24. The van der Waals surface area contributed by atoms with Crippen LogP contribution in [0, 0.1) is 5.92 Å². The molecule has 0 spiro atoms. The second kappa shape index (κ2) is 9.74. The van der Waals surface area contributed by atoms with E-state index in [1.807, 2.05) is 0 Å². The van der Waals surface area contributed by atoms with Gasteiger partial charge >= 0.3 is 6.18 Å². The van der Waals surface area contributed by atoms with Crippen molar-refractivity contribution in [2.75, 3.05) is 31.5 Å². The number of rotatable bonds is 4. The summed E-state index contributed by atoms with van der Waals surface area (Å²) in [6.07, 6.45) is -1.85.